The van der Waals surface area contributed by atoms with Gasteiger partial charge in [-0.25, -0.2) is 0 Å². The maximum absolute atomic E-state index is 11.7. The Morgan fingerprint density at radius 2 is 1.65 bits per heavy atom. The van der Waals surface area contributed by atoms with Crippen molar-refractivity contribution >= 4 is 12.9 Å². The van der Waals surface area contributed by atoms with Crippen molar-refractivity contribution in [2.75, 3.05) is 7.11 Å². The molecule has 0 heterocycles. The third kappa shape index (κ3) is 4.02. The molecule has 0 bridgehead atoms. The van der Waals surface area contributed by atoms with Crippen molar-refractivity contribution in [2.24, 2.45) is 0 Å². The molecule has 1 unspecified atom stereocenters. The molecule has 0 aliphatic carbocycles. The van der Waals surface area contributed by atoms with Gasteiger partial charge in [0.05, 0.1) is 18.5 Å². The van der Waals surface area contributed by atoms with Gasteiger partial charge < -0.3 is 14.2 Å². The second-order valence-corrected chi connectivity index (χ2v) is 6.27. The van der Waals surface area contributed by atoms with E-state index in [0.29, 0.717) is 13.2 Å². The normalized spacial score (nSPS) is 13.9. The molecule has 0 aliphatic rings. The molecular weight excluding hydrogens is 275 g/mol. The minimum atomic E-state index is -3.70. The molecule has 4 nitrogen and oxygen atoms in total. The largest absolute Gasteiger partial charge is 0.372 e. The second-order valence-electron chi connectivity index (χ2n) is 4.35. The molecule has 0 aromatic heterocycles. The van der Waals surface area contributed by atoms with Crippen molar-refractivity contribution in [1.82, 2.24) is 0 Å². The van der Waals surface area contributed by atoms with Crippen LogP contribution in [0.3, 0.4) is 0 Å². The molecule has 2 aromatic carbocycles. The fourth-order valence-corrected chi connectivity index (χ4v) is 2.60. The van der Waals surface area contributed by atoms with Crippen molar-refractivity contribution in [1.29, 1.82) is 0 Å². The Bertz CT molecular complexity index is 598. The van der Waals surface area contributed by atoms with Gasteiger partial charge in [0.1, 0.15) is 0 Å². The molecule has 0 spiro atoms. The average Bonchev–Trinajstić information content (AvgIpc) is 2.49. The highest BCUT2D eigenvalue weighted by Gasteiger charge is 2.20. The Kier molecular flexibility index (Phi) is 5.10. The fourth-order valence-electron chi connectivity index (χ4n) is 1.79. The molecular formula is C15H17O4P. The lowest BCUT2D eigenvalue weighted by atomic mass is 10.2. The number of hydrogen-bond acceptors (Lipinski definition) is 3. The van der Waals surface area contributed by atoms with Crippen molar-refractivity contribution < 1.29 is 18.7 Å². The zero-order chi connectivity index (χ0) is 14.4. The Morgan fingerprint density at radius 3 is 2.35 bits per heavy atom. The van der Waals surface area contributed by atoms with Gasteiger partial charge in [-0.05, 0) is 23.3 Å². The summed E-state index contributed by atoms with van der Waals surface area (Å²) in [6, 6.07) is 16.6. The summed E-state index contributed by atoms with van der Waals surface area (Å²) in [5.41, 5.74) is 1.93. The monoisotopic (exact) mass is 292 g/mol. The molecule has 5 heteroatoms. The molecule has 2 aromatic rings. The van der Waals surface area contributed by atoms with Crippen LogP contribution in [0.15, 0.2) is 54.6 Å². The highest BCUT2D eigenvalue weighted by molar-refractivity contribution is 7.61. The van der Waals surface area contributed by atoms with E-state index in [1.165, 1.54) is 7.11 Å². The molecule has 0 saturated heterocycles. The standard InChI is InChI=1S/C15H17O4P/c1-18-20(16,17)15-9-5-8-14(10-15)12-19-11-13-6-3-2-4-7-13/h2-10H,11-12H2,1H3,(H,16,17). The van der Waals surface area contributed by atoms with E-state index < -0.39 is 7.60 Å². The van der Waals surface area contributed by atoms with Crippen LogP contribution in [0.5, 0.6) is 0 Å². The number of ether oxygens (including phenoxy) is 1. The minimum absolute atomic E-state index is 0.279. The van der Waals surface area contributed by atoms with E-state index in [1.54, 1.807) is 18.2 Å². The second kappa shape index (κ2) is 6.82. The summed E-state index contributed by atoms with van der Waals surface area (Å²) < 4.78 is 21.9. The molecule has 0 saturated carbocycles. The first-order chi connectivity index (χ1) is 9.62. The van der Waals surface area contributed by atoms with Crippen molar-refractivity contribution in [2.45, 2.75) is 13.2 Å². The van der Waals surface area contributed by atoms with E-state index >= 15 is 0 Å². The van der Waals surface area contributed by atoms with Crippen LogP contribution in [0, 0.1) is 0 Å². The van der Waals surface area contributed by atoms with E-state index in [1.807, 2.05) is 36.4 Å². The van der Waals surface area contributed by atoms with Gasteiger partial charge in [0.15, 0.2) is 0 Å². The maximum Gasteiger partial charge on any atom is 0.358 e. The molecule has 1 N–H and O–H groups in total. The number of hydrogen-bond donors (Lipinski definition) is 1. The topological polar surface area (TPSA) is 55.8 Å². The zero-order valence-corrected chi connectivity index (χ0v) is 12.1. The summed E-state index contributed by atoms with van der Waals surface area (Å²) in [7, 11) is -2.48. The Balaban J connectivity index is 1.97. The Hall–Kier alpha value is -1.45. The Morgan fingerprint density at radius 1 is 1.00 bits per heavy atom. The third-order valence-electron chi connectivity index (χ3n) is 2.86. The molecule has 106 valence electrons. The van der Waals surface area contributed by atoms with E-state index in [2.05, 4.69) is 4.52 Å². The van der Waals surface area contributed by atoms with Gasteiger partial charge >= 0.3 is 7.60 Å². The smallest absolute Gasteiger partial charge is 0.358 e. The van der Waals surface area contributed by atoms with Gasteiger partial charge in [0, 0.05) is 7.11 Å². The quantitative estimate of drug-likeness (QED) is 0.832. The first kappa shape index (κ1) is 14.9. The number of rotatable bonds is 6. The molecule has 1 atom stereocenters. The summed E-state index contributed by atoms with van der Waals surface area (Å²) in [5, 5.41) is 0.279. The summed E-state index contributed by atoms with van der Waals surface area (Å²) in [5.74, 6) is 0. The van der Waals surface area contributed by atoms with Crippen molar-refractivity contribution in [3.63, 3.8) is 0 Å². The number of benzene rings is 2. The summed E-state index contributed by atoms with van der Waals surface area (Å²) in [6.45, 7) is 0.887. The van der Waals surface area contributed by atoms with Crippen LogP contribution in [0.25, 0.3) is 0 Å². The molecule has 0 aliphatic heterocycles. The van der Waals surface area contributed by atoms with Crippen LogP contribution < -0.4 is 5.30 Å². The highest BCUT2D eigenvalue weighted by Crippen LogP contribution is 2.39. The lowest BCUT2D eigenvalue weighted by Crippen LogP contribution is -2.07. The predicted molar refractivity (Wildman–Crippen MR) is 77.8 cm³/mol. The van der Waals surface area contributed by atoms with E-state index in [9.17, 15) is 9.46 Å². The van der Waals surface area contributed by atoms with Crippen LogP contribution >= 0.6 is 7.60 Å². The van der Waals surface area contributed by atoms with E-state index in [-0.39, 0.29) is 5.30 Å². The third-order valence-corrected chi connectivity index (χ3v) is 4.29. The van der Waals surface area contributed by atoms with Crippen LogP contribution in [0.1, 0.15) is 11.1 Å². The molecule has 0 fully saturated rings. The van der Waals surface area contributed by atoms with E-state index in [0.717, 1.165) is 11.1 Å². The minimum Gasteiger partial charge on any atom is -0.372 e. The SMILES string of the molecule is COP(=O)(O)c1cccc(COCc2ccccc2)c1. The fraction of sp³-hybridized carbons (Fsp3) is 0.200. The highest BCUT2D eigenvalue weighted by atomic mass is 31.2. The molecule has 2 rings (SSSR count). The van der Waals surface area contributed by atoms with Crippen LogP contribution in [-0.2, 0) is 27.0 Å². The van der Waals surface area contributed by atoms with Gasteiger partial charge in [-0.15, -0.1) is 0 Å². The summed E-state index contributed by atoms with van der Waals surface area (Å²) in [6.07, 6.45) is 0. The summed E-state index contributed by atoms with van der Waals surface area (Å²) >= 11 is 0. The first-order valence-corrected chi connectivity index (χ1v) is 7.79. The van der Waals surface area contributed by atoms with Gasteiger partial charge in [-0.1, -0.05) is 42.5 Å². The molecule has 20 heavy (non-hydrogen) atoms. The van der Waals surface area contributed by atoms with E-state index in [4.69, 9.17) is 4.74 Å². The first-order valence-electron chi connectivity index (χ1n) is 6.21. The van der Waals surface area contributed by atoms with Crippen LogP contribution in [-0.4, -0.2) is 12.0 Å². The van der Waals surface area contributed by atoms with Crippen molar-refractivity contribution in [3.8, 4) is 0 Å². The molecule has 0 radical (unpaired) electrons. The summed E-state index contributed by atoms with van der Waals surface area (Å²) in [4.78, 5) is 9.61. The van der Waals surface area contributed by atoms with Crippen molar-refractivity contribution in [3.05, 3.63) is 65.7 Å². The Labute approximate surface area is 118 Å². The average molecular weight is 292 g/mol. The van der Waals surface area contributed by atoms with Gasteiger partial charge in [-0.3, -0.25) is 4.57 Å². The predicted octanol–water partition coefficient (Wildman–Crippen LogP) is 2.86. The van der Waals surface area contributed by atoms with Gasteiger partial charge in [0.25, 0.3) is 0 Å². The van der Waals surface area contributed by atoms with Crippen LogP contribution in [0.4, 0.5) is 0 Å². The lowest BCUT2D eigenvalue weighted by molar-refractivity contribution is 0.107. The van der Waals surface area contributed by atoms with Gasteiger partial charge in [-0.2, -0.15) is 0 Å². The zero-order valence-electron chi connectivity index (χ0n) is 11.2. The van der Waals surface area contributed by atoms with Gasteiger partial charge in [0.2, 0.25) is 0 Å². The van der Waals surface area contributed by atoms with Crippen LogP contribution in [0.2, 0.25) is 0 Å². The lowest BCUT2D eigenvalue weighted by Gasteiger charge is -2.10. The maximum atomic E-state index is 11.7. The molecule has 0 amide bonds.